The third kappa shape index (κ3) is 2.97. The van der Waals surface area contributed by atoms with E-state index in [1.165, 1.54) is 5.39 Å². The lowest BCUT2D eigenvalue weighted by Gasteiger charge is -2.23. The van der Waals surface area contributed by atoms with Crippen molar-refractivity contribution in [3.05, 3.63) is 70.9 Å². The van der Waals surface area contributed by atoms with E-state index >= 15 is 0 Å². The Morgan fingerprint density at radius 3 is 2.83 bits per heavy atom. The highest BCUT2D eigenvalue weighted by Crippen LogP contribution is 2.30. The van der Waals surface area contributed by atoms with E-state index in [0.717, 1.165) is 23.9 Å². The maximum Gasteiger partial charge on any atom is 0.254 e. The number of amides is 1. The average Bonchev–Trinajstić information content (AvgIpc) is 3.29. The van der Waals surface area contributed by atoms with E-state index in [2.05, 4.69) is 29.2 Å². The molecule has 1 aromatic heterocycles. The second-order valence-corrected chi connectivity index (χ2v) is 6.51. The number of carbonyl (C=O) groups excluding carboxylic acids is 1. The molecule has 1 N–H and O–H groups in total. The minimum Gasteiger partial charge on any atom is -0.361 e. The predicted molar refractivity (Wildman–Crippen MR) is 92.6 cm³/mol. The molecule has 116 valence electrons. The maximum atomic E-state index is 12.9. The maximum absolute atomic E-state index is 12.9. The molecule has 0 atom stereocenters. The summed E-state index contributed by atoms with van der Waals surface area (Å²) >= 11 is 6.03. The van der Waals surface area contributed by atoms with E-state index in [0.29, 0.717) is 23.2 Å². The van der Waals surface area contributed by atoms with Gasteiger partial charge in [0.15, 0.2) is 0 Å². The van der Waals surface area contributed by atoms with Gasteiger partial charge in [0.25, 0.3) is 5.91 Å². The molecule has 0 spiro atoms. The molecule has 0 bridgehead atoms. The van der Waals surface area contributed by atoms with Gasteiger partial charge < -0.3 is 9.88 Å². The minimum absolute atomic E-state index is 0.0570. The van der Waals surface area contributed by atoms with Crippen molar-refractivity contribution in [1.29, 1.82) is 0 Å². The highest BCUT2D eigenvalue weighted by atomic mass is 35.5. The van der Waals surface area contributed by atoms with Crippen molar-refractivity contribution in [2.45, 2.75) is 25.4 Å². The normalized spacial score (nSPS) is 14.1. The number of H-pyrrole nitrogens is 1. The number of carbonyl (C=O) groups is 1. The average molecular weight is 325 g/mol. The summed E-state index contributed by atoms with van der Waals surface area (Å²) in [6.07, 6.45) is 4.10. The first-order chi connectivity index (χ1) is 11.2. The van der Waals surface area contributed by atoms with E-state index in [1.807, 2.05) is 23.2 Å². The van der Waals surface area contributed by atoms with E-state index in [4.69, 9.17) is 11.6 Å². The van der Waals surface area contributed by atoms with Gasteiger partial charge in [-0.2, -0.15) is 0 Å². The fraction of sp³-hybridized carbons (Fsp3) is 0.211. The van der Waals surface area contributed by atoms with Crippen LogP contribution in [0.2, 0.25) is 5.02 Å². The van der Waals surface area contributed by atoms with Crippen molar-refractivity contribution in [3.8, 4) is 0 Å². The molecule has 4 heteroatoms. The van der Waals surface area contributed by atoms with Crippen LogP contribution in [0.4, 0.5) is 0 Å². The number of aromatic amines is 1. The first kappa shape index (κ1) is 14.3. The van der Waals surface area contributed by atoms with Crippen molar-refractivity contribution >= 4 is 28.4 Å². The van der Waals surface area contributed by atoms with Crippen molar-refractivity contribution in [2.24, 2.45) is 0 Å². The highest BCUT2D eigenvalue weighted by molar-refractivity contribution is 6.30. The number of hydrogen-bond donors (Lipinski definition) is 1. The van der Waals surface area contributed by atoms with Gasteiger partial charge in [0.05, 0.1) is 0 Å². The second-order valence-electron chi connectivity index (χ2n) is 6.07. The van der Waals surface area contributed by atoms with E-state index in [9.17, 15) is 4.79 Å². The van der Waals surface area contributed by atoms with Crippen LogP contribution >= 0.6 is 11.6 Å². The Morgan fingerprint density at radius 2 is 2.04 bits per heavy atom. The molecule has 23 heavy (non-hydrogen) atoms. The molecule has 3 aromatic rings. The summed E-state index contributed by atoms with van der Waals surface area (Å²) in [6.45, 7) is 0.630. The summed E-state index contributed by atoms with van der Waals surface area (Å²) in [5, 5.41) is 1.78. The predicted octanol–water partition coefficient (Wildman–Crippen LogP) is 4.63. The molecule has 0 saturated heterocycles. The molecule has 0 aliphatic heterocycles. The summed E-state index contributed by atoms with van der Waals surface area (Å²) < 4.78 is 0. The lowest BCUT2D eigenvalue weighted by Crippen LogP contribution is -2.32. The lowest BCUT2D eigenvalue weighted by molar-refractivity contribution is 0.0730. The van der Waals surface area contributed by atoms with Crippen LogP contribution in [0.15, 0.2) is 54.7 Å². The first-order valence-electron chi connectivity index (χ1n) is 7.83. The number of rotatable bonds is 4. The Kier molecular flexibility index (Phi) is 3.58. The lowest BCUT2D eigenvalue weighted by atomic mass is 10.1. The molecule has 2 aromatic carbocycles. The van der Waals surface area contributed by atoms with Gasteiger partial charge in [-0.3, -0.25) is 4.79 Å². The van der Waals surface area contributed by atoms with Gasteiger partial charge in [0.1, 0.15) is 0 Å². The summed E-state index contributed by atoms with van der Waals surface area (Å²) in [6, 6.07) is 15.9. The van der Waals surface area contributed by atoms with E-state index in [-0.39, 0.29) is 5.91 Å². The Balaban J connectivity index is 1.61. The Hall–Kier alpha value is -2.26. The van der Waals surface area contributed by atoms with Crippen LogP contribution in [-0.2, 0) is 6.54 Å². The topological polar surface area (TPSA) is 36.1 Å². The first-order valence-corrected chi connectivity index (χ1v) is 8.21. The van der Waals surface area contributed by atoms with Gasteiger partial charge in [-0.15, -0.1) is 0 Å². The summed E-state index contributed by atoms with van der Waals surface area (Å²) in [5.74, 6) is 0.0570. The number of halogens is 1. The Morgan fingerprint density at radius 1 is 1.17 bits per heavy atom. The van der Waals surface area contributed by atoms with Crippen LogP contribution in [0.25, 0.3) is 10.9 Å². The van der Waals surface area contributed by atoms with E-state index in [1.54, 1.807) is 12.1 Å². The van der Waals surface area contributed by atoms with Crippen molar-refractivity contribution in [2.75, 3.05) is 0 Å². The molecule has 0 unspecified atom stereocenters. The van der Waals surface area contributed by atoms with Crippen LogP contribution in [0.1, 0.15) is 28.8 Å². The molecule has 3 nitrogen and oxygen atoms in total. The van der Waals surface area contributed by atoms with Crippen molar-refractivity contribution in [3.63, 3.8) is 0 Å². The minimum atomic E-state index is 0.0570. The number of nitrogens with zero attached hydrogens (tertiary/aromatic N) is 1. The highest BCUT2D eigenvalue weighted by Gasteiger charge is 2.33. The van der Waals surface area contributed by atoms with Gasteiger partial charge in [0, 0.05) is 34.9 Å². The Labute approximate surface area is 139 Å². The van der Waals surface area contributed by atoms with Gasteiger partial charge in [-0.25, -0.2) is 0 Å². The smallest absolute Gasteiger partial charge is 0.254 e. The summed E-state index contributed by atoms with van der Waals surface area (Å²) in [4.78, 5) is 18.0. The molecule has 4 rings (SSSR count). The zero-order chi connectivity index (χ0) is 15.8. The third-order valence-corrected chi connectivity index (χ3v) is 4.53. The number of benzene rings is 2. The number of hydrogen-bond acceptors (Lipinski definition) is 1. The van der Waals surface area contributed by atoms with Crippen LogP contribution in [0.5, 0.6) is 0 Å². The monoisotopic (exact) mass is 324 g/mol. The van der Waals surface area contributed by atoms with Crippen LogP contribution in [0.3, 0.4) is 0 Å². The zero-order valence-electron chi connectivity index (χ0n) is 12.6. The van der Waals surface area contributed by atoms with Gasteiger partial charge in [-0.1, -0.05) is 29.8 Å². The van der Waals surface area contributed by atoms with Crippen LogP contribution < -0.4 is 0 Å². The third-order valence-electron chi connectivity index (χ3n) is 4.29. The number of nitrogens with one attached hydrogen (secondary N) is 1. The van der Waals surface area contributed by atoms with E-state index < -0.39 is 0 Å². The van der Waals surface area contributed by atoms with Gasteiger partial charge >= 0.3 is 0 Å². The van der Waals surface area contributed by atoms with Crippen LogP contribution in [-0.4, -0.2) is 21.8 Å². The van der Waals surface area contributed by atoms with Crippen molar-refractivity contribution < 1.29 is 4.79 Å². The molecule has 1 saturated carbocycles. The van der Waals surface area contributed by atoms with Crippen molar-refractivity contribution in [1.82, 2.24) is 9.88 Å². The number of aromatic nitrogens is 1. The zero-order valence-corrected chi connectivity index (χ0v) is 13.4. The largest absolute Gasteiger partial charge is 0.361 e. The summed E-state index contributed by atoms with van der Waals surface area (Å²) in [5.41, 5.74) is 2.90. The SMILES string of the molecule is O=C(c1cccc(Cl)c1)N(Cc1ccc2cc[nH]c2c1)C1CC1. The summed E-state index contributed by atoms with van der Waals surface area (Å²) in [7, 11) is 0. The molecule has 1 amide bonds. The van der Waals surface area contributed by atoms with Gasteiger partial charge in [-0.05, 0) is 54.1 Å². The molecule has 1 fully saturated rings. The number of fused-ring (bicyclic) bond motifs is 1. The fourth-order valence-electron chi connectivity index (χ4n) is 2.93. The molecule has 1 aliphatic rings. The molecular weight excluding hydrogens is 308 g/mol. The van der Waals surface area contributed by atoms with Crippen LogP contribution in [0, 0.1) is 0 Å². The molecular formula is C19H17ClN2O. The quantitative estimate of drug-likeness (QED) is 0.746. The van der Waals surface area contributed by atoms with Gasteiger partial charge in [0.2, 0.25) is 0 Å². The molecule has 1 heterocycles. The fourth-order valence-corrected chi connectivity index (χ4v) is 3.12. The molecule has 0 radical (unpaired) electrons. The Bertz CT molecular complexity index is 866. The molecule has 1 aliphatic carbocycles. The second kappa shape index (κ2) is 5.74. The standard InChI is InChI=1S/C19H17ClN2O/c20-16-3-1-2-15(11-16)19(23)22(17-6-7-17)12-13-4-5-14-8-9-21-18(14)10-13/h1-5,8-11,17,21H,6-7,12H2.